The summed E-state index contributed by atoms with van der Waals surface area (Å²) in [6, 6.07) is 27.6. The van der Waals surface area contributed by atoms with E-state index in [0.717, 1.165) is 21.0 Å². The van der Waals surface area contributed by atoms with Gasteiger partial charge in [-0.2, -0.15) is 0 Å². The van der Waals surface area contributed by atoms with Gasteiger partial charge in [0.15, 0.2) is 0 Å². The maximum Gasteiger partial charge on any atom is 0.264 e. The van der Waals surface area contributed by atoms with E-state index in [-0.39, 0.29) is 23.8 Å². The summed E-state index contributed by atoms with van der Waals surface area (Å²) < 4.78 is 29.6. The van der Waals surface area contributed by atoms with E-state index in [4.69, 9.17) is 11.6 Å². The number of benzene rings is 4. The van der Waals surface area contributed by atoms with Crippen LogP contribution in [-0.4, -0.2) is 44.3 Å². The molecule has 0 bridgehead atoms. The van der Waals surface area contributed by atoms with Gasteiger partial charge in [0.05, 0.1) is 10.6 Å². The van der Waals surface area contributed by atoms with Crippen LogP contribution in [0.5, 0.6) is 0 Å². The standard InChI is InChI=1S/C35H38ClN3O4S/c1-5-37-35(41)33(22-28-11-7-6-8-12-28)38(23-29-13-9-10-14-31(29)36)34(40)24-39(32-20-17-26(3)21-27(32)4)44(42,43)30-18-15-25(2)16-19-30/h6-21,33H,5,22-24H2,1-4H3,(H,37,41). The molecular weight excluding hydrogens is 594 g/mol. The lowest BCUT2D eigenvalue weighted by atomic mass is 10.0. The molecule has 1 N–H and O–H groups in total. The normalized spacial score (nSPS) is 11.9. The van der Waals surface area contributed by atoms with E-state index in [9.17, 15) is 18.0 Å². The summed E-state index contributed by atoms with van der Waals surface area (Å²) in [5, 5.41) is 3.31. The summed E-state index contributed by atoms with van der Waals surface area (Å²) in [7, 11) is -4.17. The number of hydrogen-bond acceptors (Lipinski definition) is 4. The number of nitrogens with zero attached hydrogens (tertiary/aromatic N) is 2. The van der Waals surface area contributed by atoms with Crippen molar-refractivity contribution in [3.8, 4) is 0 Å². The average molecular weight is 632 g/mol. The largest absolute Gasteiger partial charge is 0.355 e. The highest BCUT2D eigenvalue weighted by molar-refractivity contribution is 7.92. The quantitative estimate of drug-likeness (QED) is 0.201. The Labute approximate surface area is 265 Å². The lowest BCUT2D eigenvalue weighted by Crippen LogP contribution is -2.53. The zero-order chi connectivity index (χ0) is 31.9. The van der Waals surface area contributed by atoms with Gasteiger partial charge in [-0.25, -0.2) is 8.42 Å². The number of aryl methyl sites for hydroxylation is 3. The van der Waals surface area contributed by atoms with Crippen LogP contribution in [0.3, 0.4) is 0 Å². The summed E-state index contributed by atoms with van der Waals surface area (Å²) in [6.45, 7) is 7.30. The second-order valence-corrected chi connectivity index (χ2v) is 13.1. The SMILES string of the molecule is CCNC(=O)C(Cc1ccccc1)N(Cc1ccccc1Cl)C(=O)CN(c1ccc(C)cc1C)S(=O)(=O)c1ccc(C)cc1. The lowest BCUT2D eigenvalue weighted by Gasteiger charge is -2.34. The number of sulfonamides is 1. The third kappa shape index (κ3) is 7.87. The molecule has 0 aliphatic rings. The molecule has 0 aliphatic carbocycles. The summed E-state index contributed by atoms with van der Waals surface area (Å²) in [5.41, 5.74) is 4.47. The highest BCUT2D eigenvalue weighted by Gasteiger charge is 2.35. The van der Waals surface area contributed by atoms with Crippen LogP contribution in [-0.2, 0) is 32.6 Å². The van der Waals surface area contributed by atoms with Gasteiger partial charge < -0.3 is 10.2 Å². The summed E-state index contributed by atoms with van der Waals surface area (Å²) >= 11 is 6.54. The first kappa shape index (κ1) is 32.8. The Morgan fingerprint density at radius 3 is 2.11 bits per heavy atom. The molecule has 0 aliphatic heterocycles. The molecule has 4 rings (SSSR count). The third-order valence-electron chi connectivity index (χ3n) is 7.43. The fourth-order valence-corrected chi connectivity index (χ4v) is 6.77. The van der Waals surface area contributed by atoms with Gasteiger partial charge >= 0.3 is 0 Å². The minimum absolute atomic E-state index is 0.0123. The third-order valence-corrected chi connectivity index (χ3v) is 9.57. The van der Waals surface area contributed by atoms with Gasteiger partial charge in [0.25, 0.3) is 10.0 Å². The average Bonchev–Trinajstić information content (AvgIpc) is 2.99. The second kappa shape index (κ2) is 14.6. The first-order valence-electron chi connectivity index (χ1n) is 14.5. The molecule has 7 nitrogen and oxygen atoms in total. The van der Waals surface area contributed by atoms with Crippen molar-refractivity contribution in [2.75, 3.05) is 17.4 Å². The molecule has 0 fully saturated rings. The number of carbonyl (C=O) groups is 2. The number of anilines is 1. The van der Waals surface area contributed by atoms with Crippen LogP contribution in [0.25, 0.3) is 0 Å². The molecule has 0 spiro atoms. The predicted molar refractivity (Wildman–Crippen MR) is 176 cm³/mol. The molecule has 4 aromatic rings. The summed E-state index contributed by atoms with van der Waals surface area (Å²) in [6.07, 6.45) is 0.233. The molecule has 1 atom stereocenters. The second-order valence-electron chi connectivity index (χ2n) is 10.8. The van der Waals surface area contributed by atoms with Crippen LogP contribution in [0.2, 0.25) is 5.02 Å². The topological polar surface area (TPSA) is 86.8 Å². The molecule has 0 aromatic heterocycles. The van der Waals surface area contributed by atoms with Gasteiger partial charge in [-0.1, -0.05) is 95.5 Å². The van der Waals surface area contributed by atoms with Gasteiger partial charge in [0.2, 0.25) is 11.8 Å². The van der Waals surface area contributed by atoms with Crippen molar-refractivity contribution < 1.29 is 18.0 Å². The zero-order valence-electron chi connectivity index (χ0n) is 25.5. The molecule has 44 heavy (non-hydrogen) atoms. The van der Waals surface area contributed by atoms with Gasteiger partial charge in [-0.05, 0) is 68.7 Å². The molecule has 2 amide bonds. The van der Waals surface area contributed by atoms with Crippen molar-refractivity contribution >= 4 is 39.1 Å². The minimum atomic E-state index is -4.17. The maximum absolute atomic E-state index is 14.5. The molecule has 230 valence electrons. The van der Waals surface area contributed by atoms with E-state index >= 15 is 0 Å². The molecular formula is C35H38ClN3O4S. The Bertz CT molecular complexity index is 1710. The number of halogens is 1. The maximum atomic E-state index is 14.5. The van der Waals surface area contributed by atoms with Gasteiger partial charge in [-0.3, -0.25) is 13.9 Å². The number of hydrogen-bond donors (Lipinski definition) is 1. The molecule has 0 saturated heterocycles. The summed E-state index contributed by atoms with van der Waals surface area (Å²) in [4.78, 5) is 29.6. The van der Waals surface area contributed by atoms with E-state index in [2.05, 4.69) is 5.32 Å². The number of rotatable bonds is 12. The highest BCUT2D eigenvalue weighted by atomic mass is 35.5. The Kier molecular flexibility index (Phi) is 10.8. The van der Waals surface area contributed by atoms with E-state index < -0.39 is 28.5 Å². The van der Waals surface area contributed by atoms with E-state index in [1.54, 1.807) is 48.5 Å². The van der Waals surface area contributed by atoms with Crippen molar-refractivity contribution in [2.45, 2.75) is 51.6 Å². The van der Waals surface area contributed by atoms with Crippen molar-refractivity contribution in [2.24, 2.45) is 0 Å². The monoisotopic (exact) mass is 631 g/mol. The Balaban J connectivity index is 1.83. The van der Waals surface area contributed by atoms with Crippen LogP contribution in [0, 0.1) is 20.8 Å². The van der Waals surface area contributed by atoms with Crippen molar-refractivity contribution in [3.05, 3.63) is 130 Å². The number of likely N-dealkylation sites (N-methyl/N-ethyl adjacent to an activating group) is 1. The molecule has 9 heteroatoms. The van der Waals surface area contributed by atoms with Gasteiger partial charge in [-0.15, -0.1) is 0 Å². The number of amides is 2. The van der Waals surface area contributed by atoms with Crippen molar-refractivity contribution in [3.63, 3.8) is 0 Å². The minimum Gasteiger partial charge on any atom is -0.355 e. The molecule has 0 heterocycles. The Hall–Kier alpha value is -4.14. The fraction of sp³-hybridized carbons (Fsp3) is 0.257. The van der Waals surface area contributed by atoms with Crippen LogP contribution < -0.4 is 9.62 Å². The molecule has 1 unspecified atom stereocenters. The zero-order valence-corrected chi connectivity index (χ0v) is 27.0. The predicted octanol–water partition coefficient (Wildman–Crippen LogP) is 6.24. The Morgan fingerprint density at radius 1 is 0.841 bits per heavy atom. The van der Waals surface area contributed by atoms with Crippen LogP contribution in [0.4, 0.5) is 5.69 Å². The van der Waals surface area contributed by atoms with Crippen LogP contribution >= 0.6 is 11.6 Å². The first-order chi connectivity index (χ1) is 21.0. The van der Waals surface area contributed by atoms with E-state index in [1.165, 1.54) is 4.90 Å². The summed E-state index contributed by atoms with van der Waals surface area (Å²) in [5.74, 6) is -0.871. The van der Waals surface area contributed by atoms with E-state index in [1.807, 2.05) is 76.2 Å². The van der Waals surface area contributed by atoms with Crippen LogP contribution in [0.15, 0.2) is 102 Å². The molecule has 0 saturated carbocycles. The van der Waals surface area contributed by atoms with Crippen molar-refractivity contribution in [1.29, 1.82) is 0 Å². The molecule has 0 radical (unpaired) electrons. The van der Waals surface area contributed by atoms with Crippen LogP contribution in [0.1, 0.15) is 34.7 Å². The molecule has 4 aromatic carbocycles. The lowest BCUT2D eigenvalue weighted by molar-refractivity contribution is -0.140. The van der Waals surface area contributed by atoms with Gasteiger partial charge in [0, 0.05) is 24.5 Å². The first-order valence-corrected chi connectivity index (χ1v) is 16.3. The fourth-order valence-electron chi connectivity index (χ4n) is 5.09. The smallest absolute Gasteiger partial charge is 0.264 e. The Morgan fingerprint density at radius 2 is 1.48 bits per heavy atom. The number of nitrogens with one attached hydrogen (secondary N) is 1. The number of carbonyl (C=O) groups excluding carboxylic acids is 2. The van der Waals surface area contributed by atoms with Crippen molar-refractivity contribution in [1.82, 2.24) is 10.2 Å². The van der Waals surface area contributed by atoms with E-state index in [0.29, 0.717) is 28.4 Å². The highest BCUT2D eigenvalue weighted by Crippen LogP contribution is 2.29. The van der Waals surface area contributed by atoms with Gasteiger partial charge in [0.1, 0.15) is 12.6 Å².